The fourth-order valence-electron chi connectivity index (χ4n) is 3.21. The zero-order valence-electron chi connectivity index (χ0n) is 19.6. The van der Waals surface area contributed by atoms with E-state index in [2.05, 4.69) is 45.5 Å². The van der Waals surface area contributed by atoms with Crippen LogP contribution in [0.5, 0.6) is 0 Å². The Morgan fingerprint density at radius 2 is 1.57 bits per heavy atom. The molecular formula is C22H26F6N4O5. The predicted molar refractivity (Wildman–Crippen MR) is 117 cm³/mol. The Morgan fingerprint density at radius 1 is 1.03 bits per heavy atom. The lowest BCUT2D eigenvalue weighted by atomic mass is 9.97. The molecule has 37 heavy (non-hydrogen) atoms. The number of aryl methyl sites for hydroxylation is 1. The van der Waals surface area contributed by atoms with Crippen LogP contribution in [0.15, 0.2) is 42.9 Å². The minimum Gasteiger partial charge on any atom is -0.475 e. The van der Waals surface area contributed by atoms with E-state index in [1.54, 1.807) is 17.1 Å². The standard InChI is InChI=1S/C18H24N4O.2C2HF3O2/c1-21-14-19-11-17(21)18(23)20-10-16-8-5-9-22(13-16)12-15-6-3-2-4-7-15;2*3-2(4,5)1(6)7/h2-4,6-7,11,14,16H,5,8-10,12-13H2,1H3,(H,20,23);2*(H,6,7). The summed E-state index contributed by atoms with van der Waals surface area (Å²) in [7, 11) is 1.84. The molecule has 0 saturated carbocycles. The van der Waals surface area contributed by atoms with E-state index in [1.807, 2.05) is 7.05 Å². The fourth-order valence-corrected chi connectivity index (χ4v) is 3.21. The van der Waals surface area contributed by atoms with Gasteiger partial charge in [0.1, 0.15) is 5.69 Å². The summed E-state index contributed by atoms with van der Waals surface area (Å²) < 4.78 is 65.2. The van der Waals surface area contributed by atoms with Crippen molar-refractivity contribution < 1.29 is 50.9 Å². The van der Waals surface area contributed by atoms with E-state index in [0.29, 0.717) is 11.6 Å². The third kappa shape index (κ3) is 12.3. The smallest absolute Gasteiger partial charge is 0.475 e. The molecule has 1 atom stereocenters. The second-order valence-electron chi connectivity index (χ2n) is 7.93. The number of nitrogens with zero attached hydrogens (tertiary/aromatic N) is 3. The topological polar surface area (TPSA) is 125 Å². The summed E-state index contributed by atoms with van der Waals surface area (Å²) in [5.41, 5.74) is 1.97. The van der Waals surface area contributed by atoms with Gasteiger partial charge in [-0.1, -0.05) is 30.3 Å². The van der Waals surface area contributed by atoms with Crippen molar-refractivity contribution >= 4 is 17.8 Å². The third-order valence-electron chi connectivity index (χ3n) is 4.94. The van der Waals surface area contributed by atoms with E-state index >= 15 is 0 Å². The van der Waals surface area contributed by atoms with Crippen LogP contribution >= 0.6 is 0 Å². The molecule has 1 aliphatic heterocycles. The number of benzene rings is 1. The Labute approximate surface area is 207 Å². The molecule has 1 fully saturated rings. The number of likely N-dealkylation sites (tertiary alicyclic amines) is 1. The van der Waals surface area contributed by atoms with Crippen molar-refractivity contribution in [1.82, 2.24) is 19.8 Å². The van der Waals surface area contributed by atoms with Crippen molar-refractivity contribution in [3.63, 3.8) is 0 Å². The molecule has 0 radical (unpaired) electrons. The number of hydrogen-bond donors (Lipinski definition) is 3. The van der Waals surface area contributed by atoms with E-state index in [1.165, 1.54) is 18.4 Å². The third-order valence-corrected chi connectivity index (χ3v) is 4.94. The number of nitrogens with one attached hydrogen (secondary N) is 1. The number of hydrogen-bond acceptors (Lipinski definition) is 5. The van der Waals surface area contributed by atoms with E-state index in [4.69, 9.17) is 19.8 Å². The number of alkyl halides is 6. The van der Waals surface area contributed by atoms with Crippen molar-refractivity contribution in [1.29, 1.82) is 0 Å². The lowest BCUT2D eigenvalue weighted by Gasteiger charge is -2.32. The second-order valence-corrected chi connectivity index (χ2v) is 7.93. The molecule has 0 spiro atoms. The number of carbonyl (C=O) groups is 3. The van der Waals surface area contributed by atoms with Crippen LogP contribution in [-0.2, 0) is 23.2 Å². The average Bonchev–Trinajstić information content (AvgIpc) is 3.24. The van der Waals surface area contributed by atoms with Gasteiger partial charge in [-0.15, -0.1) is 0 Å². The summed E-state index contributed by atoms with van der Waals surface area (Å²) in [6.07, 6.45) is -4.54. The Hall–Kier alpha value is -3.62. The van der Waals surface area contributed by atoms with Gasteiger partial charge in [0.15, 0.2) is 0 Å². The summed E-state index contributed by atoms with van der Waals surface area (Å²) in [5, 5.41) is 17.3. The van der Waals surface area contributed by atoms with Gasteiger partial charge >= 0.3 is 24.3 Å². The summed E-state index contributed by atoms with van der Waals surface area (Å²) in [6, 6.07) is 10.6. The normalized spacial score (nSPS) is 15.9. The van der Waals surface area contributed by atoms with Crippen LogP contribution in [0.2, 0.25) is 0 Å². The van der Waals surface area contributed by atoms with E-state index in [9.17, 15) is 31.1 Å². The van der Waals surface area contributed by atoms with Gasteiger partial charge in [-0.3, -0.25) is 9.69 Å². The zero-order valence-corrected chi connectivity index (χ0v) is 19.6. The molecule has 1 saturated heterocycles. The molecule has 15 heteroatoms. The largest absolute Gasteiger partial charge is 0.490 e. The molecule has 206 valence electrons. The van der Waals surface area contributed by atoms with E-state index < -0.39 is 24.3 Å². The number of carboxylic acids is 2. The van der Waals surface area contributed by atoms with Crippen LogP contribution in [0.1, 0.15) is 28.9 Å². The minimum atomic E-state index is -5.08. The number of imidazole rings is 1. The average molecular weight is 540 g/mol. The number of carboxylic acid groups (broad SMARTS) is 2. The summed E-state index contributed by atoms with van der Waals surface area (Å²) in [6.45, 7) is 3.91. The Morgan fingerprint density at radius 3 is 2.03 bits per heavy atom. The number of rotatable bonds is 5. The highest BCUT2D eigenvalue weighted by molar-refractivity contribution is 5.92. The highest BCUT2D eigenvalue weighted by Crippen LogP contribution is 2.18. The maximum atomic E-state index is 12.2. The van der Waals surface area contributed by atoms with Gasteiger partial charge in [0.2, 0.25) is 0 Å². The molecule has 2 aromatic rings. The highest BCUT2D eigenvalue weighted by Gasteiger charge is 2.38. The fraction of sp³-hybridized carbons (Fsp3) is 0.455. The molecule has 9 nitrogen and oxygen atoms in total. The monoisotopic (exact) mass is 540 g/mol. The van der Waals surface area contributed by atoms with Crippen LogP contribution in [0.4, 0.5) is 26.3 Å². The van der Waals surface area contributed by atoms with Crippen molar-refractivity contribution in [2.45, 2.75) is 31.7 Å². The number of carbonyl (C=O) groups excluding carboxylic acids is 1. The lowest BCUT2D eigenvalue weighted by Crippen LogP contribution is -2.40. The maximum absolute atomic E-state index is 12.2. The Kier molecular flexibility index (Phi) is 12.1. The lowest BCUT2D eigenvalue weighted by molar-refractivity contribution is -0.193. The molecular weight excluding hydrogens is 514 g/mol. The van der Waals surface area contributed by atoms with Crippen LogP contribution in [0.25, 0.3) is 0 Å². The molecule has 1 aromatic carbocycles. The van der Waals surface area contributed by atoms with Gasteiger partial charge in [-0.25, -0.2) is 14.6 Å². The van der Waals surface area contributed by atoms with Crippen molar-refractivity contribution in [2.75, 3.05) is 19.6 Å². The summed E-state index contributed by atoms with van der Waals surface area (Å²) in [5.74, 6) is -5.03. The molecule has 1 unspecified atom stereocenters. The van der Waals surface area contributed by atoms with E-state index in [0.717, 1.165) is 26.2 Å². The number of amides is 1. The number of aromatic nitrogens is 2. The maximum Gasteiger partial charge on any atom is 0.490 e. The molecule has 3 rings (SSSR count). The quantitative estimate of drug-likeness (QED) is 0.497. The Balaban J connectivity index is 0.000000404. The summed E-state index contributed by atoms with van der Waals surface area (Å²) in [4.78, 5) is 36.4. The highest BCUT2D eigenvalue weighted by atomic mass is 19.4. The predicted octanol–water partition coefficient (Wildman–Crippen LogP) is 3.33. The first-order valence-electron chi connectivity index (χ1n) is 10.7. The number of aliphatic carboxylic acids is 2. The van der Waals surface area contributed by atoms with Gasteiger partial charge in [0.05, 0.1) is 12.5 Å². The van der Waals surface area contributed by atoms with Crippen LogP contribution in [-0.4, -0.2) is 74.5 Å². The van der Waals surface area contributed by atoms with Gasteiger partial charge in [-0.2, -0.15) is 26.3 Å². The molecule has 2 heterocycles. The van der Waals surface area contributed by atoms with Crippen molar-refractivity contribution in [3.8, 4) is 0 Å². The van der Waals surface area contributed by atoms with Crippen LogP contribution in [0, 0.1) is 5.92 Å². The number of piperidine rings is 1. The second kappa shape index (κ2) is 14.2. The van der Waals surface area contributed by atoms with Gasteiger partial charge in [-0.05, 0) is 30.9 Å². The first kappa shape index (κ1) is 31.4. The molecule has 0 bridgehead atoms. The summed E-state index contributed by atoms with van der Waals surface area (Å²) >= 11 is 0. The van der Waals surface area contributed by atoms with Crippen molar-refractivity contribution in [2.24, 2.45) is 13.0 Å². The number of halogens is 6. The molecule has 0 aliphatic carbocycles. The van der Waals surface area contributed by atoms with Crippen LogP contribution in [0.3, 0.4) is 0 Å². The first-order valence-corrected chi connectivity index (χ1v) is 10.7. The first-order chi connectivity index (χ1) is 17.1. The Bertz CT molecular complexity index is 987. The van der Waals surface area contributed by atoms with Crippen molar-refractivity contribution in [3.05, 3.63) is 54.1 Å². The van der Waals surface area contributed by atoms with Crippen LogP contribution < -0.4 is 5.32 Å². The molecule has 3 N–H and O–H groups in total. The molecule has 1 aliphatic rings. The molecule has 1 aromatic heterocycles. The zero-order chi connectivity index (χ0) is 28.2. The van der Waals surface area contributed by atoms with Gasteiger partial charge < -0.3 is 20.1 Å². The SMILES string of the molecule is Cn1cncc1C(=O)NCC1CCCN(Cc2ccccc2)C1.O=C(O)C(F)(F)F.O=C(O)C(F)(F)F. The van der Waals surface area contributed by atoms with Gasteiger partial charge in [0, 0.05) is 26.7 Å². The van der Waals surface area contributed by atoms with E-state index in [-0.39, 0.29) is 5.91 Å². The van der Waals surface area contributed by atoms with Gasteiger partial charge in [0.25, 0.3) is 5.91 Å². The molecule has 1 amide bonds. The minimum absolute atomic E-state index is 0.0369.